The van der Waals surface area contributed by atoms with Crippen molar-refractivity contribution in [2.24, 2.45) is 5.73 Å². The van der Waals surface area contributed by atoms with Crippen molar-refractivity contribution < 1.29 is 9.32 Å². The van der Waals surface area contributed by atoms with E-state index in [2.05, 4.69) is 5.16 Å². The Morgan fingerprint density at radius 3 is 3.00 bits per heavy atom. The zero-order valence-corrected chi connectivity index (χ0v) is 7.21. The number of nitrogens with zero attached hydrogens (tertiary/aromatic N) is 1. The Morgan fingerprint density at radius 1 is 1.54 bits per heavy atom. The van der Waals surface area contributed by atoms with Crippen molar-refractivity contribution in [2.45, 2.75) is 0 Å². The van der Waals surface area contributed by atoms with E-state index in [1.54, 1.807) is 18.2 Å². The van der Waals surface area contributed by atoms with E-state index in [-0.39, 0.29) is 10.7 Å². The topological polar surface area (TPSA) is 69.1 Å². The van der Waals surface area contributed by atoms with Crippen LogP contribution in [0.15, 0.2) is 22.7 Å². The van der Waals surface area contributed by atoms with Gasteiger partial charge in [-0.3, -0.25) is 4.79 Å². The molecule has 1 aromatic carbocycles. The Bertz CT molecular complexity index is 478. The molecule has 0 bridgehead atoms. The standard InChI is InChI=1S/C8H5ClN2O2/c9-7-4-2-1-3-5(8(10)12)6(4)13-11-7/h1-3H,(H2,10,12). The number of hydrogen-bond acceptors (Lipinski definition) is 3. The molecule has 66 valence electrons. The fraction of sp³-hybridized carbons (Fsp3) is 0. The lowest BCUT2D eigenvalue weighted by atomic mass is 10.1. The van der Waals surface area contributed by atoms with Crippen molar-refractivity contribution in [3.63, 3.8) is 0 Å². The molecule has 1 amide bonds. The Morgan fingerprint density at radius 2 is 2.31 bits per heavy atom. The van der Waals surface area contributed by atoms with Gasteiger partial charge in [0, 0.05) is 0 Å². The van der Waals surface area contributed by atoms with Crippen LogP contribution in [0.4, 0.5) is 0 Å². The third kappa shape index (κ3) is 1.15. The van der Waals surface area contributed by atoms with Gasteiger partial charge in [-0.25, -0.2) is 0 Å². The number of halogens is 1. The number of para-hydroxylation sites is 1. The first-order chi connectivity index (χ1) is 6.20. The van der Waals surface area contributed by atoms with E-state index >= 15 is 0 Å². The molecule has 0 aliphatic rings. The molecule has 0 saturated carbocycles. The molecular weight excluding hydrogens is 192 g/mol. The van der Waals surface area contributed by atoms with Gasteiger partial charge in [-0.1, -0.05) is 22.8 Å². The average Bonchev–Trinajstić information content (AvgIpc) is 2.48. The number of carbonyl (C=O) groups is 1. The third-order valence-electron chi connectivity index (χ3n) is 1.72. The summed E-state index contributed by atoms with van der Waals surface area (Å²) in [5.74, 6) is -0.557. The zero-order valence-electron chi connectivity index (χ0n) is 6.45. The summed E-state index contributed by atoms with van der Waals surface area (Å²) in [5, 5.41) is 4.35. The van der Waals surface area contributed by atoms with Crippen LogP contribution in [0.1, 0.15) is 10.4 Å². The summed E-state index contributed by atoms with van der Waals surface area (Å²) in [6.45, 7) is 0. The van der Waals surface area contributed by atoms with Crippen LogP contribution in [0.5, 0.6) is 0 Å². The largest absolute Gasteiger partial charge is 0.365 e. The number of rotatable bonds is 1. The van der Waals surface area contributed by atoms with Crippen LogP contribution in [-0.4, -0.2) is 11.1 Å². The number of hydrogen-bond donors (Lipinski definition) is 1. The minimum Gasteiger partial charge on any atom is -0.365 e. The molecule has 0 aliphatic heterocycles. The number of nitrogens with two attached hydrogens (primary N) is 1. The first-order valence-electron chi connectivity index (χ1n) is 3.54. The van der Waals surface area contributed by atoms with Crippen molar-refractivity contribution in [1.29, 1.82) is 0 Å². The number of carbonyl (C=O) groups excluding carboxylic acids is 1. The van der Waals surface area contributed by atoms with E-state index in [0.29, 0.717) is 11.0 Å². The van der Waals surface area contributed by atoms with Crippen LogP contribution in [0.25, 0.3) is 11.0 Å². The van der Waals surface area contributed by atoms with E-state index < -0.39 is 5.91 Å². The van der Waals surface area contributed by atoms with E-state index in [4.69, 9.17) is 21.9 Å². The minimum atomic E-state index is -0.557. The van der Waals surface area contributed by atoms with Gasteiger partial charge >= 0.3 is 0 Å². The minimum absolute atomic E-state index is 0.234. The normalized spacial score (nSPS) is 10.5. The van der Waals surface area contributed by atoms with Gasteiger partial charge in [-0.15, -0.1) is 0 Å². The molecule has 2 N–H and O–H groups in total. The SMILES string of the molecule is NC(=O)c1cccc2c(Cl)noc12. The van der Waals surface area contributed by atoms with Crippen LogP contribution < -0.4 is 5.73 Å². The predicted octanol–water partition coefficient (Wildman–Crippen LogP) is 1.58. The molecule has 4 nitrogen and oxygen atoms in total. The number of primary amides is 1. The predicted molar refractivity (Wildman–Crippen MR) is 47.5 cm³/mol. The van der Waals surface area contributed by atoms with Crippen molar-refractivity contribution in [3.8, 4) is 0 Å². The first kappa shape index (κ1) is 8.07. The summed E-state index contributed by atoms with van der Waals surface area (Å²) in [6, 6.07) is 4.94. The maximum atomic E-state index is 10.9. The fourth-order valence-electron chi connectivity index (χ4n) is 1.13. The van der Waals surface area contributed by atoms with Crippen molar-refractivity contribution in [1.82, 2.24) is 5.16 Å². The molecule has 2 aromatic rings. The van der Waals surface area contributed by atoms with Crippen LogP contribution in [0, 0.1) is 0 Å². The van der Waals surface area contributed by atoms with Gasteiger partial charge in [0.15, 0.2) is 10.7 Å². The Kier molecular flexibility index (Phi) is 1.70. The number of amides is 1. The summed E-state index contributed by atoms with van der Waals surface area (Å²) in [5.41, 5.74) is 5.74. The Balaban J connectivity index is 2.84. The van der Waals surface area contributed by atoms with Gasteiger partial charge in [-0.05, 0) is 12.1 Å². The molecule has 1 aromatic heterocycles. The molecule has 0 radical (unpaired) electrons. The maximum Gasteiger partial charge on any atom is 0.252 e. The highest BCUT2D eigenvalue weighted by molar-refractivity contribution is 6.34. The fourth-order valence-corrected chi connectivity index (χ4v) is 1.31. The third-order valence-corrected chi connectivity index (χ3v) is 1.99. The highest BCUT2D eigenvalue weighted by Crippen LogP contribution is 2.24. The lowest BCUT2D eigenvalue weighted by molar-refractivity contribution is 0.100. The molecule has 0 fully saturated rings. The molecule has 0 atom stereocenters. The van der Waals surface area contributed by atoms with Gasteiger partial charge in [0.1, 0.15) is 0 Å². The summed E-state index contributed by atoms with van der Waals surface area (Å²) in [7, 11) is 0. The second kappa shape index (κ2) is 2.74. The second-order valence-electron chi connectivity index (χ2n) is 2.52. The number of aromatic nitrogens is 1. The molecule has 0 aliphatic carbocycles. The van der Waals surface area contributed by atoms with E-state index in [1.807, 2.05) is 0 Å². The molecular formula is C8H5ClN2O2. The molecule has 0 saturated heterocycles. The zero-order chi connectivity index (χ0) is 9.42. The van der Waals surface area contributed by atoms with Crippen LogP contribution in [0.3, 0.4) is 0 Å². The van der Waals surface area contributed by atoms with Crippen LogP contribution >= 0.6 is 11.6 Å². The average molecular weight is 197 g/mol. The monoisotopic (exact) mass is 196 g/mol. The highest BCUT2D eigenvalue weighted by Gasteiger charge is 2.12. The van der Waals surface area contributed by atoms with Crippen molar-refractivity contribution in [3.05, 3.63) is 28.9 Å². The van der Waals surface area contributed by atoms with Gasteiger partial charge in [0.2, 0.25) is 0 Å². The summed E-state index contributed by atoms with van der Waals surface area (Å²) in [4.78, 5) is 10.9. The molecule has 0 spiro atoms. The van der Waals surface area contributed by atoms with E-state index in [1.165, 1.54) is 0 Å². The van der Waals surface area contributed by atoms with Gasteiger partial charge in [-0.2, -0.15) is 0 Å². The summed E-state index contributed by atoms with van der Waals surface area (Å²) < 4.78 is 4.86. The highest BCUT2D eigenvalue weighted by atomic mass is 35.5. The Labute approximate surface area is 78.2 Å². The van der Waals surface area contributed by atoms with Crippen LogP contribution in [-0.2, 0) is 0 Å². The second-order valence-corrected chi connectivity index (χ2v) is 2.88. The molecule has 0 unspecified atom stereocenters. The number of benzene rings is 1. The van der Waals surface area contributed by atoms with Crippen molar-refractivity contribution >= 4 is 28.5 Å². The van der Waals surface area contributed by atoms with Gasteiger partial charge in [0.25, 0.3) is 5.91 Å². The van der Waals surface area contributed by atoms with E-state index in [9.17, 15) is 4.79 Å². The smallest absolute Gasteiger partial charge is 0.252 e. The van der Waals surface area contributed by atoms with Crippen molar-refractivity contribution in [2.75, 3.05) is 0 Å². The molecule has 2 rings (SSSR count). The Hall–Kier alpha value is -1.55. The maximum absolute atomic E-state index is 10.9. The number of fused-ring (bicyclic) bond motifs is 1. The van der Waals surface area contributed by atoms with Crippen LogP contribution in [0.2, 0.25) is 5.15 Å². The molecule has 5 heteroatoms. The van der Waals surface area contributed by atoms with E-state index in [0.717, 1.165) is 0 Å². The van der Waals surface area contributed by atoms with Gasteiger partial charge < -0.3 is 10.3 Å². The molecule has 1 heterocycles. The lowest BCUT2D eigenvalue weighted by Gasteiger charge is -1.93. The first-order valence-corrected chi connectivity index (χ1v) is 3.91. The molecule has 13 heavy (non-hydrogen) atoms. The lowest BCUT2D eigenvalue weighted by Crippen LogP contribution is -2.10. The van der Waals surface area contributed by atoms with Gasteiger partial charge in [0.05, 0.1) is 10.9 Å². The quantitative estimate of drug-likeness (QED) is 0.753. The summed E-state index contributed by atoms with van der Waals surface area (Å²) in [6.07, 6.45) is 0. The summed E-state index contributed by atoms with van der Waals surface area (Å²) >= 11 is 5.69.